The van der Waals surface area contributed by atoms with Gasteiger partial charge >= 0.3 is 0 Å². The third-order valence-corrected chi connectivity index (χ3v) is 5.59. The van der Waals surface area contributed by atoms with Crippen molar-refractivity contribution in [1.82, 2.24) is 4.90 Å². The zero-order valence-corrected chi connectivity index (χ0v) is 19.0. The third kappa shape index (κ3) is 5.02. The minimum absolute atomic E-state index is 0.110. The molecule has 1 atom stereocenters. The number of benzene rings is 2. The zero-order chi connectivity index (χ0) is 23.1. The fraction of sp³-hybridized carbons (Fsp3) is 0.385. The number of likely N-dealkylation sites (tertiary alicyclic amines) is 1. The van der Waals surface area contributed by atoms with Crippen molar-refractivity contribution >= 4 is 17.4 Å². The normalized spacial score (nSPS) is 17.7. The lowest BCUT2D eigenvalue weighted by molar-refractivity contribution is -0.140. The molecule has 1 heterocycles. The number of carbonyl (C=O) groups is 2. The Morgan fingerprint density at radius 2 is 1.69 bits per heavy atom. The molecule has 1 aliphatic rings. The van der Waals surface area contributed by atoms with Gasteiger partial charge in [0.2, 0.25) is 0 Å². The van der Waals surface area contributed by atoms with Gasteiger partial charge in [-0.2, -0.15) is 0 Å². The van der Waals surface area contributed by atoms with E-state index in [0.717, 1.165) is 24.0 Å². The molecule has 1 unspecified atom stereocenters. The first-order chi connectivity index (χ1) is 15.5. The summed E-state index contributed by atoms with van der Waals surface area (Å²) in [6, 6.07) is 14.1. The lowest BCUT2D eigenvalue weighted by Crippen LogP contribution is -2.31. The molecular weight excluding hydrogens is 406 g/mol. The average molecular weight is 438 g/mol. The van der Waals surface area contributed by atoms with E-state index in [1.165, 1.54) is 4.90 Å². The van der Waals surface area contributed by atoms with Crippen LogP contribution >= 0.6 is 0 Å². The predicted octanol–water partition coefficient (Wildman–Crippen LogP) is 4.50. The number of hydrogen-bond donors (Lipinski definition) is 1. The molecule has 2 aromatic carbocycles. The average Bonchev–Trinajstić information content (AvgIpc) is 3.08. The molecule has 1 fully saturated rings. The molecule has 32 heavy (non-hydrogen) atoms. The number of methoxy groups -OCH3 is 1. The summed E-state index contributed by atoms with van der Waals surface area (Å²) >= 11 is 0. The Morgan fingerprint density at radius 3 is 2.28 bits per heavy atom. The van der Waals surface area contributed by atoms with Crippen molar-refractivity contribution < 1.29 is 24.2 Å². The van der Waals surface area contributed by atoms with Crippen LogP contribution in [-0.2, 0) is 20.7 Å². The summed E-state index contributed by atoms with van der Waals surface area (Å²) in [4.78, 5) is 27.4. The number of amides is 1. The van der Waals surface area contributed by atoms with Crippen molar-refractivity contribution in [2.75, 3.05) is 26.9 Å². The molecule has 1 aliphatic heterocycles. The van der Waals surface area contributed by atoms with E-state index in [2.05, 4.69) is 6.92 Å². The number of aliphatic hydroxyl groups is 1. The lowest BCUT2D eigenvalue weighted by atomic mass is 9.94. The van der Waals surface area contributed by atoms with Crippen molar-refractivity contribution in [1.29, 1.82) is 0 Å². The number of ether oxygens (including phenoxy) is 2. The van der Waals surface area contributed by atoms with Gasteiger partial charge in [0.15, 0.2) is 0 Å². The summed E-state index contributed by atoms with van der Waals surface area (Å²) in [6.45, 7) is 5.53. The van der Waals surface area contributed by atoms with E-state index in [-0.39, 0.29) is 11.3 Å². The summed E-state index contributed by atoms with van der Waals surface area (Å²) in [6.07, 6.45) is 2.38. The van der Waals surface area contributed by atoms with E-state index in [4.69, 9.17) is 9.47 Å². The highest BCUT2D eigenvalue weighted by Crippen LogP contribution is 2.39. The topological polar surface area (TPSA) is 76.1 Å². The Bertz CT molecular complexity index is 963. The molecule has 6 nitrogen and oxygen atoms in total. The van der Waals surface area contributed by atoms with Gasteiger partial charge in [-0.05, 0) is 54.7 Å². The van der Waals surface area contributed by atoms with Crippen LogP contribution in [0.3, 0.4) is 0 Å². The molecule has 0 radical (unpaired) electrons. The Kier molecular flexibility index (Phi) is 8.06. The van der Waals surface area contributed by atoms with E-state index in [1.807, 2.05) is 31.2 Å². The van der Waals surface area contributed by atoms with Gasteiger partial charge in [-0.25, -0.2) is 0 Å². The van der Waals surface area contributed by atoms with Crippen LogP contribution in [0.1, 0.15) is 49.4 Å². The molecule has 0 aromatic heterocycles. The lowest BCUT2D eigenvalue weighted by Gasteiger charge is -2.25. The van der Waals surface area contributed by atoms with E-state index in [1.54, 1.807) is 31.4 Å². The largest absolute Gasteiger partial charge is 0.507 e. The van der Waals surface area contributed by atoms with Crippen LogP contribution in [0.15, 0.2) is 54.1 Å². The first-order valence-corrected chi connectivity index (χ1v) is 11.1. The maximum atomic E-state index is 13.0. The van der Waals surface area contributed by atoms with Gasteiger partial charge in [-0.1, -0.05) is 38.1 Å². The predicted molar refractivity (Wildman–Crippen MR) is 124 cm³/mol. The smallest absolute Gasteiger partial charge is 0.295 e. The third-order valence-electron chi connectivity index (χ3n) is 5.59. The summed E-state index contributed by atoms with van der Waals surface area (Å²) in [5, 5.41) is 11.1. The minimum atomic E-state index is -0.671. The molecule has 0 bridgehead atoms. The van der Waals surface area contributed by atoms with Crippen LogP contribution in [0.4, 0.5) is 0 Å². The van der Waals surface area contributed by atoms with E-state index in [9.17, 15) is 14.7 Å². The van der Waals surface area contributed by atoms with Gasteiger partial charge in [-0.15, -0.1) is 0 Å². The summed E-state index contributed by atoms with van der Waals surface area (Å²) in [7, 11) is 1.60. The van der Waals surface area contributed by atoms with E-state index < -0.39 is 17.7 Å². The quantitative estimate of drug-likeness (QED) is 0.256. The molecule has 1 N–H and O–H groups in total. The first kappa shape index (κ1) is 23.5. The molecule has 2 aromatic rings. The highest BCUT2D eigenvalue weighted by Gasteiger charge is 2.45. The van der Waals surface area contributed by atoms with Gasteiger partial charge in [0.25, 0.3) is 11.7 Å². The second kappa shape index (κ2) is 11.0. The second-order valence-electron chi connectivity index (χ2n) is 7.81. The monoisotopic (exact) mass is 437 g/mol. The number of aryl methyl sites for hydroxylation is 1. The van der Waals surface area contributed by atoms with Gasteiger partial charge < -0.3 is 19.5 Å². The summed E-state index contributed by atoms with van der Waals surface area (Å²) in [5.41, 5.74) is 2.54. The van der Waals surface area contributed by atoms with Gasteiger partial charge in [0.05, 0.1) is 18.2 Å². The fourth-order valence-electron chi connectivity index (χ4n) is 3.86. The highest BCUT2D eigenvalue weighted by molar-refractivity contribution is 6.46. The summed E-state index contributed by atoms with van der Waals surface area (Å²) in [5.74, 6) is -0.759. The number of aliphatic hydroxyl groups excluding tert-OH is 1. The van der Waals surface area contributed by atoms with Crippen molar-refractivity contribution in [3.63, 3.8) is 0 Å². The molecule has 6 heteroatoms. The molecule has 1 amide bonds. The first-order valence-electron chi connectivity index (χ1n) is 11.1. The van der Waals surface area contributed by atoms with Crippen LogP contribution in [0.25, 0.3) is 5.76 Å². The Balaban J connectivity index is 2.02. The molecule has 1 saturated heterocycles. The van der Waals surface area contributed by atoms with Crippen LogP contribution in [-0.4, -0.2) is 48.6 Å². The zero-order valence-electron chi connectivity index (χ0n) is 19.0. The summed E-state index contributed by atoms with van der Waals surface area (Å²) < 4.78 is 10.7. The van der Waals surface area contributed by atoms with Crippen molar-refractivity contribution in [3.05, 3.63) is 70.8 Å². The van der Waals surface area contributed by atoms with Crippen molar-refractivity contribution in [3.8, 4) is 5.75 Å². The molecule has 0 spiro atoms. The molecule has 170 valence electrons. The van der Waals surface area contributed by atoms with Gasteiger partial charge in [-0.3, -0.25) is 9.59 Å². The van der Waals surface area contributed by atoms with Crippen LogP contribution in [0, 0.1) is 0 Å². The second-order valence-corrected chi connectivity index (χ2v) is 7.81. The van der Waals surface area contributed by atoms with Crippen molar-refractivity contribution in [2.45, 2.75) is 39.2 Å². The number of ketones is 1. The number of hydrogen-bond acceptors (Lipinski definition) is 5. The molecule has 0 aliphatic carbocycles. The molecular formula is C26H31NO5. The minimum Gasteiger partial charge on any atom is -0.507 e. The highest BCUT2D eigenvalue weighted by atomic mass is 16.5. The number of Topliss-reactive ketones (excluding diaryl/α,β-unsaturated/α-hetero) is 1. The van der Waals surface area contributed by atoms with Crippen LogP contribution in [0.5, 0.6) is 5.75 Å². The molecule has 3 rings (SSSR count). The van der Waals surface area contributed by atoms with Crippen LogP contribution < -0.4 is 4.74 Å². The standard InChI is InChI=1S/C26H31NO5/c1-4-16-32-21-13-11-20(12-14-21)24(28)22-23(19-9-7-18(5-2)8-10-19)27(15-6-17-31-3)26(30)25(22)29/h7-14,23,28H,4-6,15-17H2,1-3H3/b24-22-. The van der Waals surface area contributed by atoms with Gasteiger partial charge in [0.1, 0.15) is 11.5 Å². The SMILES string of the molecule is CCCOc1ccc(/C(O)=C2/C(=O)C(=O)N(CCCOC)C2c2ccc(CC)cc2)cc1. The van der Waals surface area contributed by atoms with E-state index in [0.29, 0.717) is 37.5 Å². The fourth-order valence-corrected chi connectivity index (χ4v) is 3.86. The van der Waals surface area contributed by atoms with E-state index >= 15 is 0 Å². The van der Waals surface area contributed by atoms with Crippen molar-refractivity contribution in [2.24, 2.45) is 0 Å². The molecule has 0 saturated carbocycles. The van der Waals surface area contributed by atoms with Crippen LogP contribution in [0.2, 0.25) is 0 Å². The Hall–Kier alpha value is -3.12. The van der Waals surface area contributed by atoms with Gasteiger partial charge in [0, 0.05) is 25.8 Å². The number of nitrogens with zero attached hydrogens (tertiary/aromatic N) is 1. The number of carbonyl (C=O) groups excluding carboxylic acids is 2. The Labute approximate surface area is 189 Å². The number of rotatable bonds is 10. The maximum Gasteiger partial charge on any atom is 0.295 e. The maximum absolute atomic E-state index is 13.0. The Morgan fingerprint density at radius 1 is 1.00 bits per heavy atom.